The highest BCUT2D eigenvalue weighted by atomic mass is 16.6. The zero-order valence-corrected chi connectivity index (χ0v) is 19.7. The summed E-state index contributed by atoms with van der Waals surface area (Å²) in [5.41, 5.74) is 7.65. The summed E-state index contributed by atoms with van der Waals surface area (Å²) in [7, 11) is 0. The van der Waals surface area contributed by atoms with Gasteiger partial charge in [0.05, 0.1) is 11.6 Å². The van der Waals surface area contributed by atoms with Gasteiger partial charge in [0.2, 0.25) is 0 Å². The molecule has 1 fully saturated rings. The molecule has 0 bridgehead atoms. The first-order chi connectivity index (χ1) is 16.2. The molecule has 0 saturated carbocycles. The number of carbonyl (C=O) groups is 2. The van der Waals surface area contributed by atoms with Crippen LogP contribution in [0.1, 0.15) is 55.4 Å². The van der Waals surface area contributed by atoms with E-state index < -0.39 is 5.60 Å². The number of nitriles is 1. The maximum atomic E-state index is 13.1. The summed E-state index contributed by atoms with van der Waals surface area (Å²) in [6.07, 6.45) is 0.747. The number of carbonyl (C=O) groups excluding carboxylic acids is 2. The molecule has 0 spiro atoms. The summed E-state index contributed by atoms with van der Waals surface area (Å²) in [5, 5.41) is 12.2. The Morgan fingerprint density at radius 3 is 2.76 bits per heavy atom. The van der Waals surface area contributed by atoms with Crippen molar-refractivity contribution in [1.82, 2.24) is 15.2 Å². The number of nitrogens with two attached hydrogens (primary N) is 1. The zero-order chi connectivity index (χ0) is 24.7. The molecule has 34 heavy (non-hydrogen) atoms. The minimum Gasteiger partial charge on any atom is -0.444 e. The van der Waals surface area contributed by atoms with Gasteiger partial charge in [0.25, 0.3) is 5.91 Å². The number of amides is 2. The lowest BCUT2D eigenvalue weighted by Crippen LogP contribution is -2.40. The third kappa shape index (κ3) is 6.81. The fourth-order valence-corrected chi connectivity index (χ4v) is 3.50. The van der Waals surface area contributed by atoms with Crippen molar-refractivity contribution >= 4 is 12.0 Å². The van der Waals surface area contributed by atoms with Crippen LogP contribution in [0.4, 0.5) is 4.79 Å². The van der Waals surface area contributed by atoms with E-state index in [9.17, 15) is 14.9 Å². The van der Waals surface area contributed by atoms with E-state index in [2.05, 4.69) is 28.2 Å². The summed E-state index contributed by atoms with van der Waals surface area (Å²) < 4.78 is 5.42. The van der Waals surface area contributed by atoms with Crippen LogP contribution in [-0.2, 0) is 4.74 Å². The number of nitrogens with zero attached hydrogens (tertiary/aromatic N) is 3. The van der Waals surface area contributed by atoms with Crippen molar-refractivity contribution < 1.29 is 14.3 Å². The number of pyridine rings is 1. The number of nitrogens with one attached hydrogen (secondary N) is 1. The van der Waals surface area contributed by atoms with Crippen LogP contribution in [0, 0.1) is 23.2 Å². The van der Waals surface area contributed by atoms with Crippen molar-refractivity contribution in [3.63, 3.8) is 0 Å². The van der Waals surface area contributed by atoms with Gasteiger partial charge < -0.3 is 20.7 Å². The van der Waals surface area contributed by atoms with Gasteiger partial charge in [0, 0.05) is 32.1 Å². The molecule has 0 unspecified atom stereocenters. The Hall–Kier alpha value is -3.88. The van der Waals surface area contributed by atoms with E-state index in [-0.39, 0.29) is 23.7 Å². The second-order valence-electron chi connectivity index (χ2n) is 9.04. The Morgan fingerprint density at radius 2 is 2.06 bits per heavy atom. The molecule has 0 aliphatic carbocycles. The monoisotopic (exact) mass is 459 g/mol. The molecule has 3 rings (SSSR count). The van der Waals surface area contributed by atoms with Gasteiger partial charge in [-0.25, -0.2) is 9.78 Å². The molecule has 1 aromatic carbocycles. The van der Waals surface area contributed by atoms with Crippen LogP contribution in [0.15, 0.2) is 36.4 Å². The van der Waals surface area contributed by atoms with Gasteiger partial charge in [0.15, 0.2) is 0 Å². The van der Waals surface area contributed by atoms with Crippen molar-refractivity contribution in [2.24, 2.45) is 5.73 Å². The highest BCUT2D eigenvalue weighted by Gasteiger charge is 2.31. The second-order valence-corrected chi connectivity index (χ2v) is 9.04. The first-order valence-electron chi connectivity index (χ1n) is 11.2. The normalized spacial score (nSPS) is 15.1. The third-order valence-electron chi connectivity index (χ3n) is 5.04. The van der Waals surface area contributed by atoms with Gasteiger partial charge in [-0.05, 0) is 68.5 Å². The molecule has 1 aromatic heterocycles. The predicted octanol–water partition coefficient (Wildman–Crippen LogP) is 3.06. The number of hydrogen-bond acceptors (Lipinski definition) is 6. The maximum Gasteiger partial charge on any atom is 0.410 e. The van der Waals surface area contributed by atoms with Crippen molar-refractivity contribution in [3.05, 3.63) is 53.3 Å². The van der Waals surface area contributed by atoms with Gasteiger partial charge >= 0.3 is 6.09 Å². The maximum absolute atomic E-state index is 13.1. The summed E-state index contributed by atoms with van der Waals surface area (Å²) >= 11 is 0. The fourth-order valence-electron chi connectivity index (χ4n) is 3.50. The van der Waals surface area contributed by atoms with E-state index in [1.165, 1.54) is 0 Å². The number of likely N-dealkylation sites (tertiary alicyclic amines) is 1. The van der Waals surface area contributed by atoms with Crippen molar-refractivity contribution in [3.8, 4) is 29.0 Å². The Labute approximate surface area is 200 Å². The van der Waals surface area contributed by atoms with Crippen LogP contribution >= 0.6 is 0 Å². The molecule has 2 aromatic rings. The summed E-state index contributed by atoms with van der Waals surface area (Å²) in [4.78, 5) is 31.4. The first-order valence-corrected chi connectivity index (χ1v) is 11.2. The summed E-state index contributed by atoms with van der Waals surface area (Å²) in [6, 6.07) is 12.5. The van der Waals surface area contributed by atoms with Gasteiger partial charge in [-0.3, -0.25) is 4.79 Å². The minimum atomic E-state index is -0.576. The van der Waals surface area contributed by atoms with E-state index >= 15 is 0 Å². The minimum absolute atomic E-state index is 0.209. The quantitative estimate of drug-likeness (QED) is 0.678. The second kappa shape index (κ2) is 10.8. The molecule has 2 amide bonds. The molecule has 1 aliphatic rings. The lowest BCUT2D eigenvalue weighted by Gasteiger charge is -2.24. The molecular formula is C26H29N5O3. The van der Waals surface area contributed by atoms with E-state index in [1.54, 1.807) is 35.2 Å². The summed E-state index contributed by atoms with van der Waals surface area (Å²) in [6.45, 7) is 6.76. The Morgan fingerprint density at radius 1 is 1.26 bits per heavy atom. The Balaban J connectivity index is 1.80. The number of hydrogen-bond donors (Lipinski definition) is 2. The molecular weight excluding hydrogens is 430 g/mol. The molecule has 0 radical (unpaired) electrons. The zero-order valence-electron chi connectivity index (χ0n) is 19.7. The van der Waals surface area contributed by atoms with Crippen LogP contribution < -0.4 is 11.1 Å². The fraction of sp³-hybridized carbons (Fsp3) is 0.385. The van der Waals surface area contributed by atoms with Gasteiger partial charge in [-0.15, -0.1) is 0 Å². The first kappa shape index (κ1) is 24.8. The van der Waals surface area contributed by atoms with Crippen LogP contribution in [0.25, 0.3) is 11.1 Å². The standard InChI is InChI=1S/C26H29N5O3/c1-26(2,3)34-25(33)31-12-10-22(17-31)30-24(32)23-15-20(14-21(29-23)9-4-5-11-27)19-8-6-7-18(13-19)16-28/h6-8,13-15,22H,5,10-12,17,27H2,1-3H3,(H,30,32)/t22-/m1/s1. The molecule has 1 atom stereocenters. The van der Waals surface area contributed by atoms with Crippen LogP contribution in [-0.4, -0.2) is 53.2 Å². The van der Waals surface area contributed by atoms with Crippen molar-refractivity contribution in [2.45, 2.75) is 45.3 Å². The predicted molar refractivity (Wildman–Crippen MR) is 129 cm³/mol. The van der Waals surface area contributed by atoms with E-state index in [4.69, 9.17) is 10.5 Å². The number of aromatic nitrogens is 1. The van der Waals surface area contributed by atoms with Gasteiger partial charge in [0.1, 0.15) is 17.0 Å². The molecule has 8 nitrogen and oxygen atoms in total. The Kier molecular flexibility index (Phi) is 7.88. The molecule has 1 saturated heterocycles. The summed E-state index contributed by atoms with van der Waals surface area (Å²) in [5.74, 6) is 5.56. The highest BCUT2D eigenvalue weighted by molar-refractivity contribution is 5.94. The molecule has 8 heteroatoms. The lowest BCUT2D eigenvalue weighted by molar-refractivity contribution is 0.0290. The third-order valence-corrected chi connectivity index (χ3v) is 5.04. The van der Waals surface area contributed by atoms with E-state index in [0.29, 0.717) is 43.7 Å². The lowest BCUT2D eigenvalue weighted by atomic mass is 10.0. The molecule has 2 heterocycles. The smallest absolute Gasteiger partial charge is 0.410 e. The van der Waals surface area contributed by atoms with Crippen LogP contribution in [0.2, 0.25) is 0 Å². The highest BCUT2D eigenvalue weighted by Crippen LogP contribution is 2.23. The molecule has 1 aliphatic heterocycles. The molecule has 3 N–H and O–H groups in total. The largest absolute Gasteiger partial charge is 0.444 e. The van der Waals surface area contributed by atoms with E-state index in [0.717, 1.165) is 11.1 Å². The van der Waals surface area contributed by atoms with Crippen molar-refractivity contribution in [1.29, 1.82) is 5.26 Å². The van der Waals surface area contributed by atoms with Crippen LogP contribution in [0.5, 0.6) is 0 Å². The SMILES string of the molecule is CC(C)(C)OC(=O)N1CC[C@@H](NC(=O)c2cc(-c3cccc(C#N)c3)cc(C#CCCN)n2)C1. The van der Waals surface area contributed by atoms with E-state index in [1.807, 2.05) is 26.8 Å². The van der Waals surface area contributed by atoms with Gasteiger partial charge in [-0.2, -0.15) is 5.26 Å². The van der Waals surface area contributed by atoms with Crippen LogP contribution in [0.3, 0.4) is 0 Å². The Bertz CT molecular complexity index is 1170. The average molecular weight is 460 g/mol. The molecule has 176 valence electrons. The number of benzene rings is 1. The van der Waals surface area contributed by atoms with Crippen molar-refractivity contribution in [2.75, 3.05) is 19.6 Å². The average Bonchev–Trinajstić information content (AvgIpc) is 3.27. The number of rotatable bonds is 4. The topological polar surface area (TPSA) is 121 Å². The number of ether oxygens (including phenoxy) is 1. The van der Waals surface area contributed by atoms with Gasteiger partial charge in [-0.1, -0.05) is 18.1 Å².